The van der Waals surface area contributed by atoms with Crippen LogP contribution in [0.15, 0.2) is 89.5 Å². The van der Waals surface area contributed by atoms with Crippen LogP contribution < -0.4 is 0 Å². The zero-order valence-electron chi connectivity index (χ0n) is 25.9. The third-order valence-electron chi connectivity index (χ3n) is 8.41. The predicted molar refractivity (Wildman–Crippen MR) is 177 cm³/mol. The maximum Gasteiger partial charge on any atom is 0.227 e. The Morgan fingerprint density at radius 3 is 2.33 bits per heavy atom. The van der Waals surface area contributed by atoms with Crippen LogP contribution >= 0.6 is 0 Å². The molecule has 0 aliphatic carbocycles. The molecule has 0 aliphatic rings. The molecular weight excluding hydrogens is 528 g/mol. The van der Waals surface area contributed by atoms with Crippen molar-refractivity contribution >= 4 is 33.1 Å². The van der Waals surface area contributed by atoms with Crippen molar-refractivity contribution in [3.8, 4) is 28.2 Å². The zero-order chi connectivity index (χ0) is 30.0. The van der Waals surface area contributed by atoms with Crippen LogP contribution in [0.1, 0.15) is 63.1 Å². The second-order valence-corrected chi connectivity index (χ2v) is 12.9. The lowest BCUT2D eigenvalue weighted by atomic mass is 9.85. The van der Waals surface area contributed by atoms with Crippen LogP contribution in [0.5, 0.6) is 0 Å². The van der Waals surface area contributed by atoms with Crippen molar-refractivity contribution in [1.82, 2.24) is 19.5 Å². The highest BCUT2D eigenvalue weighted by Crippen LogP contribution is 2.39. The van der Waals surface area contributed by atoms with E-state index in [9.17, 15) is 0 Å². The molecule has 0 bridgehead atoms. The summed E-state index contributed by atoms with van der Waals surface area (Å²) in [5.74, 6) is 1.25. The average Bonchev–Trinajstić information content (AvgIpc) is 3.54. The van der Waals surface area contributed by atoms with Crippen LogP contribution in [0, 0.1) is 13.8 Å². The number of hydrogen-bond donors (Lipinski definition) is 0. The summed E-state index contributed by atoms with van der Waals surface area (Å²) in [6.45, 7) is 15.2. The van der Waals surface area contributed by atoms with Crippen molar-refractivity contribution in [3.05, 3.63) is 108 Å². The van der Waals surface area contributed by atoms with Gasteiger partial charge in [-0.05, 0) is 72.2 Å². The van der Waals surface area contributed by atoms with E-state index >= 15 is 0 Å². The monoisotopic (exact) mass is 564 g/mol. The van der Waals surface area contributed by atoms with Crippen LogP contribution in [0.4, 0.5) is 0 Å². The number of furan rings is 1. The van der Waals surface area contributed by atoms with Gasteiger partial charge in [-0.1, -0.05) is 83.1 Å². The Hall–Kier alpha value is -4.77. The summed E-state index contributed by atoms with van der Waals surface area (Å²) in [6, 6.07) is 28.2. The molecule has 0 radical (unpaired) electrons. The number of hydrogen-bond acceptors (Lipinski definition) is 4. The standard InChI is InChI=1S/C38H36N4O/c1-22(2)26-13-15-29-31-18-27(21-39-37(31)43-34(29)19-26)36-41-35-24(4)40-23(3)17-33(35)42(36)32-16-14-28(38(5,6)7)20-30(32)25-11-9-8-10-12-25/h8-22H,1-7H3. The number of fused-ring (bicyclic) bond motifs is 4. The molecule has 0 saturated heterocycles. The van der Waals surface area contributed by atoms with Crippen molar-refractivity contribution in [1.29, 1.82) is 0 Å². The molecule has 5 heteroatoms. The van der Waals surface area contributed by atoms with E-state index in [1.54, 1.807) is 0 Å². The largest absolute Gasteiger partial charge is 0.438 e. The molecule has 0 unspecified atom stereocenters. The number of nitrogens with zero attached hydrogens (tertiary/aromatic N) is 4. The van der Waals surface area contributed by atoms with Crippen LogP contribution in [-0.4, -0.2) is 19.5 Å². The topological polar surface area (TPSA) is 56.7 Å². The Morgan fingerprint density at radius 2 is 1.58 bits per heavy atom. The molecule has 7 aromatic rings. The van der Waals surface area contributed by atoms with Crippen molar-refractivity contribution in [2.24, 2.45) is 0 Å². The van der Waals surface area contributed by atoms with Gasteiger partial charge in [0.05, 0.1) is 16.9 Å². The Morgan fingerprint density at radius 1 is 0.791 bits per heavy atom. The van der Waals surface area contributed by atoms with E-state index < -0.39 is 0 Å². The molecule has 4 heterocycles. The second-order valence-electron chi connectivity index (χ2n) is 12.9. The molecule has 0 aliphatic heterocycles. The number of imidazole rings is 1. The first kappa shape index (κ1) is 27.1. The van der Waals surface area contributed by atoms with Gasteiger partial charge < -0.3 is 4.42 Å². The van der Waals surface area contributed by atoms with Gasteiger partial charge in [-0.3, -0.25) is 9.55 Å². The van der Waals surface area contributed by atoms with Crippen LogP contribution in [0.25, 0.3) is 61.3 Å². The Kier molecular flexibility index (Phi) is 6.24. The Balaban J connectivity index is 1.53. The SMILES string of the molecule is Cc1cc2c(nc(-c3cnc4oc5cc(C(C)C)ccc5c4c3)n2-c2ccc(C(C)(C)C)cc2-c2ccccc2)c(C)n1. The summed E-state index contributed by atoms with van der Waals surface area (Å²) in [4.78, 5) is 14.8. The van der Waals surface area contributed by atoms with Gasteiger partial charge in [0.1, 0.15) is 16.9 Å². The summed E-state index contributed by atoms with van der Waals surface area (Å²) in [5.41, 5.74) is 12.1. The molecule has 5 nitrogen and oxygen atoms in total. The molecule has 0 fully saturated rings. The average molecular weight is 565 g/mol. The molecule has 3 aromatic carbocycles. The number of benzene rings is 3. The molecular formula is C38H36N4O. The minimum Gasteiger partial charge on any atom is -0.438 e. The van der Waals surface area contributed by atoms with Crippen molar-refractivity contribution < 1.29 is 4.42 Å². The minimum absolute atomic E-state index is 0.00568. The normalized spacial score (nSPS) is 12.3. The molecule has 0 atom stereocenters. The fourth-order valence-electron chi connectivity index (χ4n) is 6.02. The fourth-order valence-corrected chi connectivity index (χ4v) is 6.02. The molecule has 0 saturated carbocycles. The van der Waals surface area contributed by atoms with Gasteiger partial charge in [-0.2, -0.15) is 0 Å². The van der Waals surface area contributed by atoms with E-state index in [0.717, 1.165) is 67.0 Å². The highest BCUT2D eigenvalue weighted by Gasteiger charge is 2.23. The van der Waals surface area contributed by atoms with Gasteiger partial charge in [0.2, 0.25) is 5.71 Å². The maximum absolute atomic E-state index is 6.22. The highest BCUT2D eigenvalue weighted by atomic mass is 16.3. The van der Waals surface area contributed by atoms with Gasteiger partial charge in [0.25, 0.3) is 0 Å². The molecule has 43 heavy (non-hydrogen) atoms. The summed E-state index contributed by atoms with van der Waals surface area (Å²) in [7, 11) is 0. The molecule has 0 amide bonds. The molecule has 4 aromatic heterocycles. The lowest BCUT2D eigenvalue weighted by Gasteiger charge is -2.23. The third-order valence-corrected chi connectivity index (χ3v) is 8.41. The predicted octanol–water partition coefficient (Wildman–Crippen LogP) is 10.1. The smallest absolute Gasteiger partial charge is 0.227 e. The lowest BCUT2D eigenvalue weighted by molar-refractivity contribution is 0.590. The fraction of sp³-hybridized carbons (Fsp3) is 0.237. The Labute approximate surface area is 252 Å². The third kappa shape index (κ3) is 4.60. The van der Waals surface area contributed by atoms with E-state index in [2.05, 4.69) is 118 Å². The van der Waals surface area contributed by atoms with E-state index in [4.69, 9.17) is 19.4 Å². The van der Waals surface area contributed by atoms with Crippen LogP contribution in [0.3, 0.4) is 0 Å². The first-order chi connectivity index (χ1) is 20.6. The lowest BCUT2D eigenvalue weighted by Crippen LogP contribution is -2.12. The van der Waals surface area contributed by atoms with Crippen molar-refractivity contribution in [3.63, 3.8) is 0 Å². The van der Waals surface area contributed by atoms with Gasteiger partial charge in [-0.15, -0.1) is 0 Å². The van der Waals surface area contributed by atoms with E-state index in [0.29, 0.717) is 11.6 Å². The van der Waals surface area contributed by atoms with Gasteiger partial charge in [0, 0.05) is 33.8 Å². The van der Waals surface area contributed by atoms with Crippen molar-refractivity contribution in [2.75, 3.05) is 0 Å². The van der Waals surface area contributed by atoms with Gasteiger partial charge in [-0.25, -0.2) is 9.97 Å². The molecule has 7 rings (SSSR count). The van der Waals surface area contributed by atoms with Gasteiger partial charge in [0.15, 0.2) is 0 Å². The summed E-state index contributed by atoms with van der Waals surface area (Å²) in [6.07, 6.45) is 1.88. The van der Waals surface area contributed by atoms with E-state index in [-0.39, 0.29) is 5.41 Å². The molecule has 0 spiro atoms. The maximum atomic E-state index is 6.22. The summed E-state index contributed by atoms with van der Waals surface area (Å²) < 4.78 is 8.50. The van der Waals surface area contributed by atoms with Crippen LogP contribution in [-0.2, 0) is 5.41 Å². The molecule has 0 N–H and O–H groups in total. The van der Waals surface area contributed by atoms with E-state index in [1.807, 2.05) is 20.0 Å². The number of aryl methyl sites for hydroxylation is 2. The van der Waals surface area contributed by atoms with Gasteiger partial charge >= 0.3 is 0 Å². The Bertz CT molecular complexity index is 2160. The minimum atomic E-state index is 0.00568. The second kappa shape index (κ2) is 9.91. The first-order valence-corrected chi connectivity index (χ1v) is 15.0. The molecule has 214 valence electrons. The number of pyridine rings is 2. The zero-order valence-corrected chi connectivity index (χ0v) is 25.9. The first-order valence-electron chi connectivity index (χ1n) is 15.0. The highest BCUT2D eigenvalue weighted by molar-refractivity contribution is 6.05. The summed E-state index contributed by atoms with van der Waals surface area (Å²) >= 11 is 0. The summed E-state index contributed by atoms with van der Waals surface area (Å²) in [5, 5.41) is 2.04. The van der Waals surface area contributed by atoms with E-state index in [1.165, 1.54) is 11.1 Å². The number of rotatable bonds is 4. The van der Waals surface area contributed by atoms with Crippen molar-refractivity contribution in [2.45, 2.75) is 59.8 Å². The van der Waals surface area contributed by atoms with Crippen LogP contribution in [0.2, 0.25) is 0 Å². The number of aromatic nitrogens is 4. The quantitative estimate of drug-likeness (QED) is 0.213.